The Hall–Kier alpha value is -2.89. The summed E-state index contributed by atoms with van der Waals surface area (Å²) < 4.78 is 5.45. The summed E-state index contributed by atoms with van der Waals surface area (Å²) in [5.74, 6) is 0.328. The first-order chi connectivity index (χ1) is 13.2. The van der Waals surface area contributed by atoms with E-state index in [0.717, 1.165) is 22.0 Å². The summed E-state index contributed by atoms with van der Waals surface area (Å²) in [7, 11) is 0. The van der Waals surface area contributed by atoms with Gasteiger partial charge in [0.05, 0.1) is 5.69 Å². The second kappa shape index (κ2) is 7.78. The lowest BCUT2D eigenvalue weighted by Gasteiger charge is -2.06. The van der Waals surface area contributed by atoms with Crippen molar-refractivity contribution in [2.75, 3.05) is 11.9 Å². The third-order valence-corrected chi connectivity index (χ3v) is 5.01. The Morgan fingerprint density at radius 3 is 2.67 bits per heavy atom. The van der Waals surface area contributed by atoms with Crippen LogP contribution in [0.2, 0.25) is 5.02 Å². The Bertz CT molecular complexity index is 1090. The van der Waals surface area contributed by atoms with Crippen molar-refractivity contribution < 1.29 is 9.53 Å². The van der Waals surface area contributed by atoms with Crippen LogP contribution < -0.4 is 10.1 Å². The summed E-state index contributed by atoms with van der Waals surface area (Å²) in [4.78, 5) is 16.7. The number of aromatic nitrogens is 1. The van der Waals surface area contributed by atoms with Crippen molar-refractivity contribution in [1.82, 2.24) is 4.98 Å². The Morgan fingerprint density at radius 1 is 1.04 bits per heavy atom. The molecule has 0 saturated carbocycles. The maximum atomic E-state index is 12.1. The molecule has 4 aromatic rings. The molecular weight excluding hydrogens is 380 g/mol. The monoisotopic (exact) mass is 394 g/mol. The number of rotatable bonds is 5. The van der Waals surface area contributed by atoms with Crippen LogP contribution in [0.15, 0.2) is 72.1 Å². The third-order valence-electron chi connectivity index (χ3n) is 4.00. The van der Waals surface area contributed by atoms with Crippen LogP contribution in [0, 0.1) is 0 Å². The molecule has 1 N–H and O–H groups in total. The van der Waals surface area contributed by atoms with Gasteiger partial charge in [-0.1, -0.05) is 54.1 Å². The van der Waals surface area contributed by atoms with Crippen molar-refractivity contribution in [1.29, 1.82) is 0 Å². The van der Waals surface area contributed by atoms with Gasteiger partial charge >= 0.3 is 0 Å². The van der Waals surface area contributed by atoms with Gasteiger partial charge in [0, 0.05) is 16.0 Å². The fourth-order valence-electron chi connectivity index (χ4n) is 2.74. The zero-order valence-electron chi connectivity index (χ0n) is 14.2. The smallest absolute Gasteiger partial charge is 0.264 e. The highest BCUT2D eigenvalue weighted by Gasteiger charge is 2.10. The lowest BCUT2D eigenvalue weighted by Crippen LogP contribution is -2.20. The average Bonchev–Trinajstić information content (AvgIpc) is 3.15. The van der Waals surface area contributed by atoms with E-state index in [0.29, 0.717) is 15.9 Å². The normalized spacial score (nSPS) is 10.7. The molecule has 1 heterocycles. The number of benzene rings is 3. The molecule has 0 saturated heterocycles. The van der Waals surface area contributed by atoms with Crippen molar-refractivity contribution in [3.8, 4) is 17.0 Å². The summed E-state index contributed by atoms with van der Waals surface area (Å²) in [6.07, 6.45) is 0. The largest absolute Gasteiger partial charge is 0.484 e. The third kappa shape index (κ3) is 4.10. The van der Waals surface area contributed by atoms with E-state index in [9.17, 15) is 4.79 Å². The van der Waals surface area contributed by atoms with Gasteiger partial charge in [-0.25, -0.2) is 4.98 Å². The number of carbonyl (C=O) groups excluding carboxylic acids is 1. The van der Waals surface area contributed by atoms with Crippen LogP contribution >= 0.6 is 22.9 Å². The summed E-state index contributed by atoms with van der Waals surface area (Å²) in [5, 5.41) is 8.18. The molecule has 3 aromatic carbocycles. The number of amides is 1. The number of halogens is 1. The highest BCUT2D eigenvalue weighted by atomic mass is 35.5. The van der Waals surface area contributed by atoms with Gasteiger partial charge in [0.1, 0.15) is 5.75 Å². The predicted octanol–water partition coefficient (Wildman–Crippen LogP) is 5.63. The summed E-state index contributed by atoms with van der Waals surface area (Å²) in [5.41, 5.74) is 1.88. The first kappa shape index (κ1) is 17.5. The zero-order valence-corrected chi connectivity index (χ0v) is 15.8. The highest BCUT2D eigenvalue weighted by molar-refractivity contribution is 7.14. The molecule has 27 heavy (non-hydrogen) atoms. The summed E-state index contributed by atoms with van der Waals surface area (Å²) in [6, 6.07) is 21.1. The van der Waals surface area contributed by atoms with E-state index < -0.39 is 0 Å². The molecular formula is C21H15ClN2O2S. The molecule has 0 aliphatic heterocycles. The molecule has 4 nitrogen and oxygen atoms in total. The summed E-state index contributed by atoms with van der Waals surface area (Å²) >= 11 is 7.22. The van der Waals surface area contributed by atoms with Crippen LogP contribution in [-0.2, 0) is 4.79 Å². The minimum Gasteiger partial charge on any atom is -0.484 e. The first-order valence-electron chi connectivity index (χ1n) is 8.31. The lowest BCUT2D eigenvalue weighted by atomic mass is 10.0. The Kier molecular flexibility index (Phi) is 5.05. The number of carbonyl (C=O) groups is 1. The lowest BCUT2D eigenvalue weighted by molar-refractivity contribution is -0.118. The number of hydrogen-bond acceptors (Lipinski definition) is 4. The fourth-order valence-corrected chi connectivity index (χ4v) is 3.59. The quantitative estimate of drug-likeness (QED) is 0.477. The number of ether oxygens (including phenoxy) is 1. The van der Waals surface area contributed by atoms with Crippen LogP contribution in [0.3, 0.4) is 0 Å². The second-order valence-corrected chi connectivity index (χ2v) is 7.15. The van der Waals surface area contributed by atoms with Gasteiger partial charge < -0.3 is 4.74 Å². The minimum absolute atomic E-state index is 0.0924. The molecule has 0 unspecified atom stereocenters. The van der Waals surface area contributed by atoms with Gasteiger partial charge in [0.25, 0.3) is 5.91 Å². The SMILES string of the molecule is O=C(COc1ccc(Cl)cc1)Nc1nc(-c2cccc3ccccc23)cs1. The average molecular weight is 395 g/mol. The number of nitrogens with zero attached hydrogens (tertiary/aromatic N) is 1. The molecule has 0 radical (unpaired) electrons. The van der Waals surface area contributed by atoms with Gasteiger partial charge in [0.15, 0.2) is 11.7 Å². The van der Waals surface area contributed by atoms with Crippen molar-refractivity contribution in [2.24, 2.45) is 0 Å². The van der Waals surface area contributed by atoms with Crippen LogP contribution in [-0.4, -0.2) is 17.5 Å². The maximum absolute atomic E-state index is 12.1. The second-order valence-electron chi connectivity index (χ2n) is 5.86. The van der Waals surface area contributed by atoms with Crippen LogP contribution in [0.25, 0.3) is 22.0 Å². The van der Waals surface area contributed by atoms with Gasteiger partial charge in [-0.05, 0) is 35.0 Å². The number of nitrogens with one attached hydrogen (secondary N) is 1. The molecule has 0 aliphatic carbocycles. The number of anilines is 1. The summed E-state index contributed by atoms with van der Waals surface area (Å²) in [6.45, 7) is -0.0924. The molecule has 1 aromatic heterocycles. The van der Waals surface area contributed by atoms with E-state index in [1.807, 2.05) is 29.6 Å². The van der Waals surface area contributed by atoms with Crippen LogP contribution in [0.1, 0.15) is 0 Å². The molecule has 0 spiro atoms. The van der Waals surface area contributed by atoms with Crippen molar-refractivity contribution in [3.63, 3.8) is 0 Å². The topological polar surface area (TPSA) is 51.2 Å². The van der Waals surface area contributed by atoms with E-state index in [2.05, 4.69) is 28.5 Å². The molecule has 0 atom stereocenters. The van der Waals surface area contributed by atoms with Crippen LogP contribution in [0.5, 0.6) is 5.75 Å². The Labute approximate surface area is 165 Å². The molecule has 0 aliphatic rings. The first-order valence-corrected chi connectivity index (χ1v) is 9.57. The molecule has 4 rings (SSSR count). The Balaban J connectivity index is 1.44. The van der Waals surface area contributed by atoms with Gasteiger partial charge in [-0.3, -0.25) is 10.1 Å². The number of hydrogen-bond donors (Lipinski definition) is 1. The van der Waals surface area contributed by atoms with Gasteiger partial charge in [-0.15, -0.1) is 11.3 Å². The van der Waals surface area contributed by atoms with E-state index in [1.165, 1.54) is 11.3 Å². The molecule has 6 heteroatoms. The Morgan fingerprint density at radius 2 is 1.81 bits per heavy atom. The zero-order chi connectivity index (χ0) is 18.6. The number of thiazole rings is 1. The molecule has 0 bridgehead atoms. The van der Waals surface area contributed by atoms with E-state index >= 15 is 0 Å². The van der Waals surface area contributed by atoms with E-state index in [-0.39, 0.29) is 12.5 Å². The molecule has 0 fully saturated rings. The molecule has 1 amide bonds. The van der Waals surface area contributed by atoms with Gasteiger partial charge in [0.2, 0.25) is 0 Å². The van der Waals surface area contributed by atoms with Crippen molar-refractivity contribution >= 4 is 44.7 Å². The standard InChI is InChI=1S/C21H15ClN2O2S/c22-15-8-10-16(11-9-15)26-12-20(25)24-21-23-19(13-27-21)18-7-3-5-14-4-1-2-6-17(14)18/h1-11,13H,12H2,(H,23,24,25). The maximum Gasteiger partial charge on any atom is 0.264 e. The highest BCUT2D eigenvalue weighted by Crippen LogP contribution is 2.30. The number of fused-ring (bicyclic) bond motifs is 1. The minimum atomic E-state index is -0.260. The predicted molar refractivity (Wildman–Crippen MR) is 111 cm³/mol. The van der Waals surface area contributed by atoms with E-state index in [4.69, 9.17) is 16.3 Å². The van der Waals surface area contributed by atoms with E-state index in [1.54, 1.807) is 24.3 Å². The fraction of sp³-hybridized carbons (Fsp3) is 0.0476. The van der Waals surface area contributed by atoms with Crippen LogP contribution in [0.4, 0.5) is 5.13 Å². The molecule has 134 valence electrons. The van der Waals surface area contributed by atoms with Crippen molar-refractivity contribution in [3.05, 3.63) is 77.1 Å². The van der Waals surface area contributed by atoms with Crippen molar-refractivity contribution in [2.45, 2.75) is 0 Å². The van der Waals surface area contributed by atoms with Gasteiger partial charge in [-0.2, -0.15) is 0 Å².